The van der Waals surface area contributed by atoms with Gasteiger partial charge in [-0.1, -0.05) is 12.1 Å². The Morgan fingerprint density at radius 2 is 1.88 bits per heavy atom. The van der Waals surface area contributed by atoms with Gasteiger partial charge in [0.15, 0.2) is 0 Å². The standard InChI is InChI=1S/C18H24N2O4/c1-23-13-6-4-12(5-7-13)10-19-17(21)15-9-16(15)18(22)20-11-14-3-2-8-24-14/h4-7,14-16H,2-3,8-11H2,1H3,(H,19,21)(H,20,22). The van der Waals surface area contributed by atoms with E-state index in [2.05, 4.69) is 10.6 Å². The van der Waals surface area contributed by atoms with Gasteiger partial charge in [0.05, 0.1) is 25.0 Å². The second-order valence-corrected chi connectivity index (χ2v) is 6.39. The van der Waals surface area contributed by atoms with Gasteiger partial charge in [-0.2, -0.15) is 0 Å². The van der Waals surface area contributed by atoms with E-state index >= 15 is 0 Å². The Morgan fingerprint density at radius 3 is 2.50 bits per heavy atom. The molecule has 6 nitrogen and oxygen atoms in total. The van der Waals surface area contributed by atoms with E-state index in [-0.39, 0.29) is 29.8 Å². The van der Waals surface area contributed by atoms with Gasteiger partial charge in [0.25, 0.3) is 0 Å². The lowest BCUT2D eigenvalue weighted by atomic mass is 10.2. The van der Waals surface area contributed by atoms with Crippen LogP contribution in [0.2, 0.25) is 0 Å². The highest BCUT2D eigenvalue weighted by atomic mass is 16.5. The normalized spacial score (nSPS) is 25.1. The minimum Gasteiger partial charge on any atom is -0.497 e. The van der Waals surface area contributed by atoms with Crippen molar-refractivity contribution < 1.29 is 19.1 Å². The predicted octanol–water partition coefficient (Wildman–Crippen LogP) is 1.24. The Balaban J connectivity index is 1.37. The summed E-state index contributed by atoms with van der Waals surface area (Å²) in [4.78, 5) is 24.2. The summed E-state index contributed by atoms with van der Waals surface area (Å²) in [6, 6.07) is 7.55. The molecule has 24 heavy (non-hydrogen) atoms. The predicted molar refractivity (Wildman–Crippen MR) is 88.4 cm³/mol. The molecule has 0 bridgehead atoms. The number of hydrogen-bond acceptors (Lipinski definition) is 4. The molecule has 1 heterocycles. The molecule has 0 spiro atoms. The van der Waals surface area contributed by atoms with E-state index < -0.39 is 0 Å². The number of methoxy groups -OCH3 is 1. The first-order chi connectivity index (χ1) is 11.7. The molecule has 1 aliphatic heterocycles. The maximum Gasteiger partial charge on any atom is 0.224 e. The van der Waals surface area contributed by atoms with Crippen LogP contribution in [0.4, 0.5) is 0 Å². The molecule has 130 valence electrons. The average molecular weight is 332 g/mol. The third kappa shape index (κ3) is 4.26. The van der Waals surface area contributed by atoms with Crippen LogP contribution < -0.4 is 15.4 Å². The highest BCUT2D eigenvalue weighted by Gasteiger charge is 2.47. The number of carbonyl (C=O) groups is 2. The van der Waals surface area contributed by atoms with E-state index in [0.29, 0.717) is 19.5 Å². The van der Waals surface area contributed by atoms with Crippen molar-refractivity contribution in [1.29, 1.82) is 0 Å². The summed E-state index contributed by atoms with van der Waals surface area (Å²) in [6.45, 7) is 1.79. The molecular weight excluding hydrogens is 308 g/mol. The molecule has 0 aromatic heterocycles. The number of carbonyl (C=O) groups excluding carboxylic acids is 2. The Bertz CT molecular complexity index is 581. The molecule has 2 amide bonds. The lowest BCUT2D eigenvalue weighted by Crippen LogP contribution is -2.34. The zero-order valence-corrected chi connectivity index (χ0v) is 13.9. The minimum atomic E-state index is -0.201. The Morgan fingerprint density at radius 1 is 1.17 bits per heavy atom. The smallest absolute Gasteiger partial charge is 0.224 e. The van der Waals surface area contributed by atoms with Crippen molar-refractivity contribution in [1.82, 2.24) is 10.6 Å². The van der Waals surface area contributed by atoms with Crippen LogP contribution in [-0.4, -0.2) is 38.2 Å². The largest absolute Gasteiger partial charge is 0.497 e. The summed E-state index contributed by atoms with van der Waals surface area (Å²) in [6.07, 6.45) is 2.82. The maximum absolute atomic E-state index is 12.1. The molecule has 1 aromatic carbocycles. The van der Waals surface area contributed by atoms with Crippen LogP contribution in [0.15, 0.2) is 24.3 Å². The second kappa shape index (κ2) is 7.66. The number of rotatable bonds is 7. The first kappa shape index (κ1) is 16.8. The Hall–Kier alpha value is -2.08. The fourth-order valence-electron chi connectivity index (χ4n) is 2.99. The highest BCUT2D eigenvalue weighted by molar-refractivity contribution is 5.92. The van der Waals surface area contributed by atoms with Gasteiger partial charge in [-0.15, -0.1) is 0 Å². The van der Waals surface area contributed by atoms with Crippen LogP contribution in [0.3, 0.4) is 0 Å². The second-order valence-electron chi connectivity index (χ2n) is 6.39. The molecule has 3 atom stereocenters. The van der Waals surface area contributed by atoms with Crippen LogP contribution in [0.25, 0.3) is 0 Å². The molecule has 6 heteroatoms. The van der Waals surface area contributed by atoms with E-state index in [1.165, 1.54) is 0 Å². The molecule has 3 rings (SSSR count). The van der Waals surface area contributed by atoms with Gasteiger partial charge in [-0.25, -0.2) is 0 Å². The molecule has 2 N–H and O–H groups in total. The monoisotopic (exact) mass is 332 g/mol. The zero-order chi connectivity index (χ0) is 16.9. The molecule has 2 aliphatic rings. The number of ether oxygens (including phenoxy) is 2. The van der Waals surface area contributed by atoms with Crippen LogP contribution in [0, 0.1) is 11.8 Å². The van der Waals surface area contributed by atoms with Crippen molar-refractivity contribution in [2.24, 2.45) is 11.8 Å². The third-order valence-corrected chi connectivity index (χ3v) is 4.62. The summed E-state index contributed by atoms with van der Waals surface area (Å²) in [5.74, 6) is 0.309. The van der Waals surface area contributed by atoms with Crippen LogP contribution in [-0.2, 0) is 20.9 Å². The average Bonchev–Trinajstić information content (AvgIpc) is 3.25. The lowest BCUT2D eigenvalue weighted by molar-refractivity contribution is -0.127. The van der Waals surface area contributed by atoms with Crippen molar-refractivity contribution in [3.05, 3.63) is 29.8 Å². The van der Waals surface area contributed by atoms with E-state index in [4.69, 9.17) is 9.47 Å². The van der Waals surface area contributed by atoms with Gasteiger partial charge < -0.3 is 20.1 Å². The van der Waals surface area contributed by atoms with Gasteiger partial charge in [0.2, 0.25) is 11.8 Å². The fourth-order valence-corrected chi connectivity index (χ4v) is 2.99. The van der Waals surface area contributed by atoms with Crippen LogP contribution >= 0.6 is 0 Å². The maximum atomic E-state index is 12.1. The molecule has 1 saturated heterocycles. The zero-order valence-electron chi connectivity index (χ0n) is 13.9. The van der Waals surface area contributed by atoms with E-state index in [1.807, 2.05) is 24.3 Å². The molecular formula is C18H24N2O4. The third-order valence-electron chi connectivity index (χ3n) is 4.62. The topological polar surface area (TPSA) is 76.7 Å². The van der Waals surface area contributed by atoms with Crippen molar-refractivity contribution >= 4 is 11.8 Å². The molecule has 1 aromatic rings. The fraction of sp³-hybridized carbons (Fsp3) is 0.556. The van der Waals surface area contributed by atoms with Crippen LogP contribution in [0.5, 0.6) is 5.75 Å². The van der Waals surface area contributed by atoms with E-state index in [9.17, 15) is 9.59 Å². The summed E-state index contributed by atoms with van der Waals surface area (Å²) in [7, 11) is 1.62. The number of benzene rings is 1. The first-order valence-corrected chi connectivity index (χ1v) is 8.47. The molecule has 2 fully saturated rings. The summed E-state index contributed by atoms with van der Waals surface area (Å²) in [5.41, 5.74) is 1.00. The summed E-state index contributed by atoms with van der Waals surface area (Å²) >= 11 is 0. The van der Waals surface area contributed by atoms with Crippen LogP contribution in [0.1, 0.15) is 24.8 Å². The van der Waals surface area contributed by atoms with Crippen molar-refractivity contribution in [2.45, 2.75) is 31.9 Å². The molecule has 3 unspecified atom stereocenters. The number of nitrogens with one attached hydrogen (secondary N) is 2. The molecule has 0 radical (unpaired) electrons. The van der Waals surface area contributed by atoms with Gasteiger partial charge >= 0.3 is 0 Å². The van der Waals surface area contributed by atoms with Crippen molar-refractivity contribution in [3.8, 4) is 5.75 Å². The van der Waals surface area contributed by atoms with Crippen molar-refractivity contribution in [3.63, 3.8) is 0 Å². The van der Waals surface area contributed by atoms with Gasteiger partial charge in [-0.05, 0) is 37.0 Å². The van der Waals surface area contributed by atoms with Gasteiger partial charge in [-0.3, -0.25) is 9.59 Å². The molecule has 1 aliphatic carbocycles. The van der Waals surface area contributed by atoms with E-state index in [1.54, 1.807) is 7.11 Å². The lowest BCUT2D eigenvalue weighted by Gasteiger charge is -2.10. The number of hydrogen-bond donors (Lipinski definition) is 2. The van der Waals surface area contributed by atoms with E-state index in [0.717, 1.165) is 30.8 Å². The first-order valence-electron chi connectivity index (χ1n) is 8.47. The minimum absolute atomic E-state index is 0.0323. The summed E-state index contributed by atoms with van der Waals surface area (Å²) in [5, 5.41) is 5.80. The quantitative estimate of drug-likeness (QED) is 0.788. The summed E-state index contributed by atoms with van der Waals surface area (Å²) < 4.78 is 10.6. The van der Waals surface area contributed by atoms with Crippen molar-refractivity contribution in [2.75, 3.05) is 20.3 Å². The highest BCUT2D eigenvalue weighted by Crippen LogP contribution is 2.38. The number of amides is 2. The van der Waals surface area contributed by atoms with Gasteiger partial charge in [0, 0.05) is 19.7 Å². The van der Waals surface area contributed by atoms with Gasteiger partial charge in [0.1, 0.15) is 5.75 Å². The molecule has 1 saturated carbocycles. The SMILES string of the molecule is COc1ccc(CNC(=O)C2CC2C(=O)NCC2CCCO2)cc1. The Kier molecular flexibility index (Phi) is 5.35. The Labute approximate surface area is 141 Å².